The van der Waals surface area contributed by atoms with Crippen LogP contribution in [0.1, 0.15) is 5.69 Å². The Labute approximate surface area is 164 Å². The van der Waals surface area contributed by atoms with E-state index in [-0.39, 0.29) is 23.2 Å². The highest BCUT2D eigenvalue weighted by Crippen LogP contribution is 2.17. The molecule has 3 rings (SSSR count). The van der Waals surface area contributed by atoms with Crippen LogP contribution >= 0.6 is 0 Å². The molecule has 0 aliphatic carbocycles. The van der Waals surface area contributed by atoms with E-state index in [4.69, 9.17) is 0 Å². The molecule has 2 heterocycles. The number of aromatic nitrogens is 4. The van der Waals surface area contributed by atoms with E-state index in [0.29, 0.717) is 11.4 Å². The molecule has 0 spiro atoms. The number of hydrogen-bond acceptors (Lipinski definition) is 8. The van der Waals surface area contributed by atoms with E-state index in [0.717, 1.165) is 4.68 Å². The number of carbonyl (C=O) groups excluding carboxylic acids is 1. The lowest BCUT2D eigenvalue weighted by Gasteiger charge is -2.08. The van der Waals surface area contributed by atoms with Gasteiger partial charge in [0, 0.05) is 18.1 Å². The maximum Gasteiger partial charge on any atom is 0.345 e. The smallest absolute Gasteiger partial charge is 0.345 e. The van der Waals surface area contributed by atoms with Gasteiger partial charge < -0.3 is 15.4 Å². The molecule has 150 valence electrons. The van der Waals surface area contributed by atoms with Crippen LogP contribution in [0, 0.1) is 17.0 Å². The van der Waals surface area contributed by atoms with Gasteiger partial charge in [0.05, 0.1) is 16.7 Å². The van der Waals surface area contributed by atoms with E-state index in [1.54, 1.807) is 13.0 Å². The Morgan fingerprint density at radius 2 is 1.86 bits per heavy atom. The zero-order valence-corrected chi connectivity index (χ0v) is 15.8. The van der Waals surface area contributed by atoms with Crippen molar-refractivity contribution in [3.8, 4) is 0 Å². The normalized spacial score (nSPS) is 11.1. The highest BCUT2D eigenvalue weighted by atomic mass is 32.2. The van der Waals surface area contributed by atoms with Gasteiger partial charge in [-0.1, -0.05) is 5.10 Å². The van der Waals surface area contributed by atoms with Crippen molar-refractivity contribution in [3.05, 3.63) is 64.6 Å². The van der Waals surface area contributed by atoms with Crippen molar-refractivity contribution in [2.24, 2.45) is 0 Å². The molecule has 0 radical (unpaired) electrons. The molecular weight excluding hydrogens is 402 g/mol. The maximum atomic E-state index is 12.3. The average molecular weight is 417 g/mol. The van der Waals surface area contributed by atoms with E-state index in [2.05, 4.69) is 25.1 Å². The molecule has 1 aromatic carbocycles. The van der Waals surface area contributed by atoms with E-state index in [9.17, 15) is 23.3 Å². The number of amides is 1. The first-order valence-electron chi connectivity index (χ1n) is 8.13. The zero-order valence-electron chi connectivity index (χ0n) is 15.0. The van der Waals surface area contributed by atoms with Gasteiger partial charge in [-0.25, -0.2) is 23.1 Å². The van der Waals surface area contributed by atoms with Crippen LogP contribution in [0.4, 0.5) is 17.5 Å². The van der Waals surface area contributed by atoms with E-state index in [1.807, 2.05) is 0 Å². The summed E-state index contributed by atoms with van der Waals surface area (Å²) < 4.78 is 27.9. The van der Waals surface area contributed by atoms with Crippen molar-refractivity contribution in [2.75, 3.05) is 10.0 Å². The summed E-state index contributed by atoms with van der Waals surface area (Å²) in [6.07, 6.45) is 2.80. The SMILES string of the molecule is Cc1cc([N+](=O)[O-])n(CC(=O)Nc2ccc(S(=O)(=O)Nc3ncccn3)cc2)n1. The Bertz CT molecular complexity index is 1140. The molecule has 0 aliphatic rings. The van der Waals surface area contributed by atoms with Crippen LogP contribution in [-0.4, -0.2) is 39.0 Å². The minimum Gasteiger partial charge on any atom is -0.358 e. The quantitative estimate of drug-likeness (QED) is 0.430. The van der Waals surface area contributed by atoms with E-state index < -0.39 is 20.9 Å². The summed E-state index contributed by atoms with van der Waals surface area (Å²) in [6, 6.07) is 8.18. The van der Waals surface area contributed by atoms with Crippen molar-refractivity contribution in [1.82, 2.24) is 19.7 Å². The molecule has 0 atom stereocenters. The standard InChI is InChI=1S/C16H15N7O5S/c1-11-9-15(23(25)26)22(20-11)10-14(24)19-12-3-5-13(6-4-12)29(27,28)21-16-17-7-2-8-18-16/h2-9H,10H2,1H3,(H,19,24)(H,17,18,21). The van der Waals surface area contributed by atoms with Gasteiger partial charge in [-0.15, -0.1) is 4.68 Å². The highest BCUT2D eigenvalue weighted by molar-refractivity contribution is 7.92. The molecule has 0 saturated carbocycles. The molecule has 0 bridgehead atoms. The molecule has 0 saturated heterocycles. The molecule has 2 N–H and O–H groups in total. The third-order valence-corrected chi connectivity index (χ3v) is 4.95. The predicted molar refractivity (Wildman–Crippen MR) is 102 cm³/mol. The number of nitrogens with zero attached hydrogens (tertiary/aromatic N) is 5. The van der Waals surface area contributed by atoms with Crippen molar-refractivity contribution in [2.45, 2.75) is 18.4 Å². The van der Waals surface area contributed by atoms with Gasteiger partial charge >= 0.3 is 5.82 Å². The number of rotatable bonds is 7. The number of sulfonamides is 1. The first-order chi connectivity index (χ1) is 13.7. The maximum absolute atomic E-state index is 12.3. The second-order valence-corrected chi connectivity index (χ2v) is 7.49. The van der Waals surface area contributed by atoms with Crippen LogP contribution in [0.15, 0.2) is 53.7 Å². The van der Waals surface area contributed by atoms with Gasteiger partial charge in [0.1, 0.15) is 0 Å². The van der Waals surface area contributed by atoms with Crippen LogP contribution < -0.4 is 10.0 Å². The lowest BCUT2D eigenvalue weighted by molar-refractivity contribution is -0.392. The fourth-order valence-corrected chi connectivity index (χ4v) is 3.34. The van der Waals surface area contributed by atoms with E-state index in [1.165, 1.54) is 42.7 Å². The fraction of sp³-hybridized carbons (Fsp3) is 0.125. The lowest BCUT2D eigenvalue weighted by Crippen LogP contribution is -2.20. The van der Waals surface area contributed by atoms with Crippen molar-refractivity contribution < 1.29 is 18.1 Å². The van der Waals surface area contributed by atoms with Crippen molar-refractivity contribution >= 4 is 33.4 Å². The molecule has 0 unspecified atom stereocenters. The third kappa shape index (κ3) is 4.90. The number of anilines is 2. The Hall–Kier alpha value is -3.87. The van der Waals surface area contributed by atoms with Crippen LogP contribution in [0.3, 0.4) is 0 Å². The number of carbonyl (C=O) groups is 1. The first-order valence-corrected chi connectivity index (χ1v) is 9.61. The highest BCUT2D eigenvalue weighted by Gasteiger charge is 2.20. The molecular formula is C16H15N7O5S. The van der Waals surface area contributed by atoms with Crippen molar-refractivity contribution in [3.63, 3.8) is 0 Å². The lowest BCUT2D eigenvalue weighted by atomic mass is 10.3. The molecule has 1 amide bonds. The summed E-state index contributed by atoms with van der Waals surface area (Å²) in [4.78, 5) is 30.0. The number of nitro groups is 1. The summed E-state index contributed by atoms with van der Waals surface area (Å²) in [6.45, 7) is 1.21. The second kappa shape index (κ2) is 8.02. The molecule has 0 fully saturated rings. The molecule has 0 aliphatic heterocycles. The fourth-order valence-electron chi connectivity index (χ4n) is 2.38. The van der Waals surface area contributed by atoms with Gasteiger partial charge in [-0.3, -0.25) is 4.79 Å². The average Bonchev–Trinajstić information content (AvgIpc) is 3.03. The second-order valence-electron chi connectivity index (χ2n) is 5.81. The molecule has 2 aromatic heterocycles. The zero-order chi connectivity index (χ0) is 21.0. The Kier molecular flexibility index (Phi) is 5.50. The molecule has 29 heavy (non-hydrogen) atoms. The van der Waals surface area contributed by atoms with E-state index >= 15 is 0 Å². The summed E-state index contributed by atoms with van der Waals surface area (Å²) in [5.41, 5.74) is 0.727. The van der Waals surface area contributed by atoms with Crippen molar-refractivity contribution in [1.29, 1.82) is 0 Å². The largest absolute Gasteiger partial charge is 0.358 e. The summed E-state index contributed by atoms with van der Waals surface area (Å²) in [7, 11) is -3.90. The number of hydrogen-bond donors (Lipinski definition) is 2. The van der Waals surface area contributed by atoms with Gasteiger partial charge in [-0.2, -0.15) is 0 Å². The summed E-state index contributed by atoms with van der Waals surface area (Å²) >= 11 is 0. The molecule has 3 aromatic rings. The Balaban J connectivity index is 1.67. The first kappa shape index (κ1) is 19.9. The van der Waals surface area contributed by atoms with Crippen LogP contribution in [-0.2, 0) is 21.4 Å². The number of benzene rings is 1. The van der Waals surface area contributed by atoms with Crippen LogP contribution in [0.25, 0.3) is 0 Å². The number of nitrogens with one attached hydrogen (secondary N) is 2. The summed E-state index contributed by atoms with van der Waals surface area (Å²) in [5.74, 6) is -0.920. The third-order valence-electron chi connectivity index (χ3n) is 3.60. The van der Waals surface area contributed by atoms with Gasteiger partial charge in [0.2, 0.25) is 5.95 Å². The van der Waals surface area contributed by atoms with Gasteiger partial charge in [-0.05, 0) is 42.2 Å². The van der Waals surface area contributed by atoms with Gasteiger partial charge in [0.15, 0.2) is 6.54 Å². The van der Waals surface area contributed by atoms with Crippen LogP contribution in [0.5, 0.6) is 0 Å². The minimum absolute atomic E-state index is 0.0544. The van der Waals surface area contributed by atoms with Crippen LogP contribution in [0.2, 0.25) is 0 Å². The minimum atomic E-state index is -3.90. The Morgan fingerprint density at radius 1 is 1.21 bits per heavy atom. The summed E-state index contributed by atoms with van der Waals surface area (Å²) in [5, 5.41) is 17.4. The van der Waals surface area contributed by atoms with Gasteiger partial charge in [0.25, 0.3) is 15.9 Å². The monoisotopic (exact) mass is 417 g/mol. The predicted octanol–water partition coefficient (Wildman–Crippen LogP) is 1.33. The Morgan fingerprint density at radius 3 is 2.48 bits per heavy atom. The molecule has 12 nitrogen and oxygen atoms in total. The molecule has 13 heteroatoms. The number of aryl methyl sites for hydroxylation is 1. The topological polar surface area (TPSA) is 162 Å².